The minimum absolute atomic E-state index is 0.525. The molecule has 0 N–H and O–H groups in total. The summed E-state index contributed by atoms with van der Waals surface area (Å²) in [5.41, 5.74) is 4.20. The molecule has 13 heavy (non-hydrogen) atoms. The highest BCUT2D eigenvalue weighted by Gasteiger charge is 2.32. The van der Waals surface area contributed by atoms with Crippen LogP contribution in [0.15, 0.2) is 11.1 Å². The van der Waals surface area contributed by atoms with Crippen LogP contribution in [0.1, 0.15) is 59.3 Å². The zero-order valence-corrected chi connectivity index (χ0v) is 9.32. The second kappa shape index (κ2) is 3.15. The Balaban J connectivity index is 2.06. The van der Waals surface area contributed by atoms with E-state index in [0.717, 1.165) is 5.92 Å². The van der Waals surface area contributed by atoms with Crippen molar-refractivity contribution in [2.45, 2.75) is 59.3 Å². The summed E-state index contributed by atoms with van der Waals surface area (Å²) in [6.07, 6.45) is 8.58. The van der Waals surface area contributed by atoms with Crippen molar-refractivity contribution >= 4 is 0 Å². The van der Waals surface area contributed by atoms with Crippen LogP contribution in [-0.4, -0.2) is 0 Å². The summed E-state index contributed by atoms with van der Waals surface area (Å²) in [6, 6.07) is 0. The van der Waals surface area contributed by atoms with Gasteiger partial charge in [-0.2, -0.15) is 0 Å². The molecule has 74 valence electrons. The lowest BCUT2D eigenvalue weighted by Gasteiger charge is -2.27. The van der Waals surface area contributed by atoms with E-state index in [1.54, 1.807) is 0 Å². The Hall–Kier alpha value is -0.260. The van der Waals surface area contributed by atoms with E-state index >= 15 is 0 Å². The molecular weight excluding hydrogens is 156 g/mol. The van der Waals surface area contributed by atoms with Crippen molar-refractivity contribution in [3.63, 3.8) is 0 Å². The predicted octanol–water partition coefficient (Wildman–Crippen LogP) is 4.31. The molecule has 0 heteroatoms. The Bertz CT molecular complexity index is 209. The lowest BCUT2D eigenvalue weighted by Crippen LogP contribution is -2.17. The molecule has 2 aliphatic carbocycles. The SMILES string of the molecule is CC(C)(C)C1CC2=C(CCCC2)C1. The third-order valence-corrected chi connectivity index (χ3v) is 3.92. The smallest absolute Gasteiger partial charge is 0.0281 e. The van der Waals surface area contributed by atoms with Crippen LogP contribution in [0.5, 0.6) is 0 Å². The van der Waals surface area contributed by atoms with E-state index in [4.69, 9.17) is 0 Å². The second-order valence-corrected chi connectivity index (χ2v) is 5.89. The quantitative estimate of drug-likeness (QED) is 0.485. The van der Waals surface area contributed by atoms with Crippen LogP contribution in [0.4, 0.5) is 0 Å². The van der Waals surface area contributed by atoms with Crippen LogP contribution in [0.25, 0.3) is 0 Å². The van der Waals surface area contributed by atoms with Crippen molar-refractivity contribution < 1.29 is 0 Å². The highest BCUT2D eigenvalue weighted by atomic mass is 14.4. The van der Waals surface area contributed by atoms with Crippen molar-refractivity contribution in [3.8, 4) is 0 Å². The average Bonchev–Trinajstić information content (AvgIpc) is 2.45. The van der Waals surface area contributed by atoms with Gasteiger partial charge in [-0.3, -0.25) is 0 Å². The molecule has 2 aliphatic rings. The zero-order chi connectivity index (χ0) is 9.47. The van der Waals surface area contributed by atoms with Crippen molar-refractivity contribution in [1.82, 2.24) is 0 Å². The lowest BCUT2D eigenvalue weighted by atomic mass is 9.78. The number of hydrogen-bond acceptors (Lipinski definition) is 0. The molecule has 0 unspecified atom stereocenters. The molecule has 0 aliphatic heterocycles. The third-order valence-electron chi connectivity index (χ3n) is 3.92. The summed E-state index contributed by atoms with van der Waals surface area (Å²) in [4.78, 5) is 0. The molecule has 0 aromatic rings. The monoisotopic (exact) mass is 178 g/mol. The largest absolute Gasteiger partial charge is 0.0707 e. The fourth-order valence-corrected chi connectivity index (χ4v) is 2.80. The summed E-state index contributed by atoms with van der Waals surface area (Å²) in [5, 5.41) is 0. The molecule has 0 heterocycles. The predicted molar refractivity (Wildman–Crippen MR) is 57.7 cm³/mol. The van der Waals surface area contributed by atoms with Gasteiger partial charge in [0, 0.05) is 0 Å². The van der Waals surface area contributed by atoms with E-state index in [9.17, 15) is 0 Å². The van der Waals surface area contributed by atoms with Gasteiger partial charge in [-0.25, -0.2) is 0 Å². The van der Waals surface area contributed by atoms with Gasteiger partial charge in [-0.1, -0.05) is 31.9 Å². The molecule has 0 saturated carbocycles. The van der Waals surface area contributed by atoms with E-state index in [1.807, 2.05) is 11.1 Å². The minimum Gasteiger partial charge on any atom is -0.0707 e. The molecule has 0 aromatic heterocycles. The number of rotatable bonds is 0. The van der Waals surface area contributed by atoms with Crippen molar-refractivity contribution in [2.24, 2.45) is 11.3 Å². The van der Waals surface area contributed by atoms with Crippen molar-refractivity contribution in [1.29, 1.82) is 0 Å². The van der Waals surface area contributed by atoms with E-state index in [-0.39, 0.29) is 0 Å². The van der Waals surface area contributed by atoms with E-state index in [2.05, 4.69) is 20.8 Å². The van der Waals surface area contributed by atoms with E-state index < -0.39 is 0 Å². The Morgan fingerprint density at radius 2 is 1.38 bits per heavy atom. The molecule has 0 spiro atoms. The van der Waals surface area contributed by atoms with Gasteiger partial charge in [-0.05, 0) is 49.9 Å². The Labute approximate surface area is 82.4 Å². The molecule has 0 aromatic carbocycles. The van der Waals surface area contributed by atoms with Gasteiger partial charge in [0.2, 0.25) is 0 Å². The Kier molecular flexibility index (Phi) is 2.25. The van der Waals surface area contributed by atoms with Crippen LogP contribution in [-0.2, 0) is 0 Å². The van der Waals surface area contributed by atoms with Gasteiger partial charge >= 0.3 is 0 Å². The molecule has 0 bridgehead atoms. The lowest BCUT2D eigenvalue weighted by molar-refractivity contribution is 0.249. The fraction of sp³-hybridized carbons (Fsp3) is 0.846. The normalized spacial score (nSPS) is 25.2. The summed E-state index contributed by atoms with van der Waals surface area (Å²) in [7, 11) is 0. The first-order valence-electron chi connectivity index (χ1n) is 5.77. The van der Waals surface area contributed by atoms with Crippen LogP contribution < -0.4 is 0 Å². The molecule has 0 atom stereocenters. The third kappa shape index (κ3) is 1.82. The Morgan fingerprint density at radius 3 is 1.77 bits per heavy atom. The summed E-state index contributed by atoms with van der Waals surface area (Å²) in [5.74, 6) is 0.940. The first-order chi connectivity index (χ1) is 6.07. The molecule has 2 rings (SSSR count). The van der Waals surface area contributed by atoms with Gasteiger partial charge in [0.1, 0.15) is 0 Å². The van der Waals surface area contributed by atoms with Crippen LogP contribution in [0, 0.1) is 11.3 Å². The standard InChI is InChI=1S/C13H22/c1-13(2,3)12-8-10-6-4-5-7-11(10)9-12/h12H,4-9H2,1-3H3. The van der Waals surface area contributed by atoms with E-state index in [1.165, 1.54) is 38.5 Å². The van der Waals surface area contributed by atoms with Crippen LogP contribution >= 0.6 is 0 Å². The number of hydrogen-bond donors (Lipinski definition) is 0. The average molecular weight is 178 g/mol. The highest BCUT2D eigenvalue weighted by molar-refractivity contribution is 5.24. The summed E-state index contributed by atoms with van der Waals surface area (Å²) in [6.45, 7) is 7.20. The minimum atomic E-state index is 0.525. The molecular formula is C13H22. The Morgan fingerprint density at radius 1 is 0.923 bits per heavy atom. The summed E-state index contributed by atoms with van der Waals surface area (Å²) >= 11 is 0. The first kappa shape index (κ1) is 9.30. The zero-order valence-electron chi connectivity index (χ0n) is 9.32. The molecule has 0 fully saturated rings. The molecule has 0 saturated heterocycles. The maximum atomic E-state index is 2.40. The van der Waals surface area contributed by atoms with Gasteiger partial charge in [-0.15, -0.1) is 0 Å². The van der Waals surface area contributed by atoms with Crippen molar-refractivity contribution in [3.05, 3.63) is 11.1 Å². The molecule has 0 amide bonds. The van der Waals surface area contributed by atoms with Gasteiger partial charge in [0.05, 0.1) is 0 Å². The van der Waals surface area contributed by atoms with Gasteiger partial charge in [0.15, 0.2) is 0 Å². The van der Waals surface area contributed by atoms with Gasteiger partial charge < -0.3 is 0 Å². The summed E-state index contributed by atoms with van der Waals surface area (Å²) < 4.78 is 0. The van der Waals surface area contributed by atoms with Gasteiger partial charge in [0.25, 0.3) is 0 Å². The maximum absolute atomic E-state index is 2.40. The number of allylic oxidation sites excluding steroid dienone is 2. The topological polar surface area (TPSA) is 0 Å². The first-order valence-corrected chi connectivity index (χ1v) is 5.77. The fourth-order valence-electron chi connectivity index (χ4n) is 2.80. The van der Waals surface area contributed by atoms with E-state index in [0.29, 0.717) is 5.41 Å². The van der Waals surface area contributed by atoms with Crippen molar-refractivity contribution in [2.75, 3.05) is 0 Å². The van der Waals surface area contributed by atoms with Crippen LogP contribution in [0.2, 0.25) is 0 Å². The molecule has 0 nitrogen and oxygen atoms in total. The second-order valence-electron chi connectivity index (χ2n) is 5.89. The highest BCUT2D eigenvalue weighted by Crippen LogP contribution is 2.46. The maximum Gasteiger partial charge on any atom is -0.0281 e. The van der Waals surface area contributed by atoms with Crippen LogP contribution in [0.3, 0.4) is 0 Å². The molecule has 0 radical (unpaired) electrons.